The maximum atomic E-state index is 4.93. The van der Waals surface area contributed by atoms with Gasteiger partial charge in [0.25, 0.3) is 0 Å². The van der Waals surface area contributed by atoms with Crippen LogP contribution in [0, 0.1) is 0 Å². The summed E-state index contributed by atoms with van der Waals surface area (Å²) in [5.74, 6) is 2.01. The van der Waals surface area contributed by atoms with Gasteiger partial charge in [-0.2, -0.15) is 4.37 Å². The highest BCUT2D eigenvalue weighted by Crippen LogP contribution is 2.27. The lowest BCUT2D eigenvalue weighted by Crippen LogP contribution is -2.53. The van der Waals surface area contributed by atoms with Crippen LogP contribution in [-0.2, 0) is 6.42 Å². The van der Waals surface area contributed by atoms with Gasteiger partial charge in [0.15, 0.2) is 5.96 Å². The molecule has 2 aliphatic rings. The standard InChI is InChI=1S/C18H33N7S/c1-5-16-21-18(26-22-16)25-11-9-24(10-12-25)17(19-6-2)20-13-14(3)23(4)15-7-8-15/h14-15H,5-13H2,1-4H3,(H,19,20). The van der Waals surface area contributed by atoms with Crippen LogP contribution in [0.2, 0.25) is 0 Å². The molecule has 1 atom stereocenters. The fourth-order valence-electron chi connectivity index (χ4n) is 3.24. The molecule has 1 saturated carbocycles. The molecule has 1 unspecified atom stereocenters. The van der Waals surface area contributed by atoms with Gasteiger partial charge >= 0.3 is 0 Å². The molecule has 2 heterocycles. The van der Waals surface area contributed by atoms with Gasteiger partial charge in [0.1, 0.15) is 5.82 Å². The van der Waals surface area contributed by atoms with Crippen LogP contribution in [0.3, 0.4) is 0 Å². The van der Waals surface area contributed by atoms with Gasteiger partial charge in [0.05, 0.1) is 6.54 Å². The van der Waals surface area contributed by atoms with Gasteiger partial charge in [-0.05, 0) is 33.7 Å². The number of nitrogens with zero attached hydrogens (tertiary/aromatic N) is 6. The van der Waals surface area contributed by atoms with E-state index in [0.29, 0.717) is 6.04 Å². The van der Waals surface area contributed by atoms with Crippen LogP contribution >= 0.6 is 11.5 Å². The van der Waals surface area contributed by atoms with E-state index >= 15 is 0 Å². The Bertz CT molecular complexity index is 590. The van der Waals surface area contributed by atoms with Gasteiger partial charge in [-0.3, -0.25) is 9.89 Å². The summed E-state index contributed by atoms with van der Waals surface area (Å²) in [6, 6.07) is 1.28. The predicted molar refractivity (Wildman–Crippen MR) is 109 cm³/mol. The third-order valence-electron chi connectivity index (χ3n) is 5.28. The Morgan fingerprint density at radius 2 is 2.04 bits per heavy atom. The van der Waals surface area contributed by atoms with Gasteiger partial charge in [-0.15, -0.1) is 0 Å². The van der Waals surface area contributed by atoms with Gasteiger partial charge in [0, 0.05) is 62.8 Å². The highest BCUT2D eigenvalue weighted by atomic mass is 32.1. The first-order chi connectivity index (χ1) is 12.6. The molecular formula is C18H33N7S. The minimum atomic E-state index is 0.492. The Kier molecular flexibility index (Phi) is 6.69. The predicted octanol–water partition coefficient (Wildman–Crippen LogP) is 1.67. The van der Waals surface area contributed by atoms with E-state index < -0.39 is 0 Å². The first-order valence-corrected chi connectivity index (χ1v) is 10.7. The fourth-order valence-corrected chi connectivity index (χ4v) is 4.04. The second-order valence-electron chi connectivity index (χ2n) is 7.26. The third-order valence-corrected chi connectivity index (χ3v) is 6.10. The Balaban J connectivity index is 1.54. The van der Waals surface area contributed by atoms with Crippen molar-refractivity contribution in [3.63, 3.8) is 0 Å². The summed E-state index contributed by atoms with van der Waals surface area (Å²) in [4.78, 5) is 16.8. The lowest BCUT2D eigenvalue weighted by molar-refractivity contribution is 0.252. The molecule has 2 fully saturated rings. The van der Waals surface area contributed by atoms with E-state index in [4.69, 9.17) is 4.99 Å². The van der Waals surface area contributed by atoms with Crippen LogP contribution in [0.25, 0.3) is 0 Å². The number of aromatic nitrogens is 2. The van der Waals surface area contributed by atoms with E-state index in [2.05, 4.69) is 57.2 Å². The summed E-state index contributed by atoms with van der Waals surface area (Å²) in [5, 5.41) is 4.53. The van der Waals surface area contributed by atoms with Crippen molar-refractivity contribution < 1.29 is 0 Å². The number of aryl methyl sites for hydroxylation is 1. The lowest BCUT2D eigenvalue weighted by atomic mass is 10.3. The zero-order chi connectivity index (χ0) is 18.5. The minimum absolute atomic E-state index is 0.492. The van der Waals surface area contributed by atoms with Crippen LogP contribution in [0.15, 0.2) is 4.99 Å². The molecule has 1 aromatic heterocycles. The lowest BCUT2D eigenvalue weighted by Gasteiger charge is -2.36. The number of nitrogens with one attached hydrogen (secondary N) is 1. The highest BCUT2D eigenvalue weighted by molar-refractivity contribution is 7.09. The number of hydrogen-bond donors (Lipinski definition) is 1. The molecule has 0 bridgehead atoms. The number of anilines is 1. The van der Waals surface area contributed by atoms with Crippen molar-refractivity contribution in [1.82, 2.24) is 24.5 Å². The largest absolute Gasteiger partial charge is 0.357 e. The maximum Gasteiger partial charge on any atom is 0.205 e. The van der Waals surface area contributed by atoms with Crippen LogP contribution in [-0.4, -0.2) is 83.5 Å². The quantitative estimate of drug-likeness (QED) is 0.574. The monoisotopic (exact) mass is 379 g/mol. The minimum Gasteiger partial charge on any atom is -0.357 e. The number of likely N-dealkylation sites (N-methyl/N-ethyl adjacent to an activating group) is 1. The Labute approximate surface area is 161 Å². The van der Waals surface area contributed by atoms with Crippen molar-refractivity contribution in [2.24, 2.45) is 4.99 Å². The van der Waals surface area contributed by atoms with Gasteiger partial charge < -0.3 is 15.1 Å². The molecule has 7 nitrogen and oxygen atoms in total. The average molecular weight is 380 g/mol. The topological polar surface area (TPSA) is 59.9 Å². The molecule has 0 aromatic carbocycles. The average Bonchev–Trinajstić information content (AvgIpc) is 3.41. The second kappa shape index (κ2) is 8.99. The molecule has 1 saturated heterocycles. The molecule has 146 valence electrons. The Hall–Kier alpha value is -1.41. The number of piperazine rings is 1. The molecule has 0 amide bonds. The van der Waals surface area contributed by atoms with E-state index in [1.165, 1.54) is 24.4 Å². The van der Waals surface area contributed by atoms with Crippen molar-refractivity contribution in [2.45, 2.75) is 52.1 Å². The molecule has 26 heavy (non-hydrogen) atoms. The van der Waals surface area contributed by atoms with Crippen molar-refractivity contribution in [3.8, 4) is 0 Å². The van der Waals surface area contributed by atoms with E-state index in [-0.39, 0.29) is 0 Å². The SMILES string of the molecule is CCNC(=NCC(C)N(C)C1CC1)N1CCN(c2nc(CC)ns2)CC1. The molecule has 3 rings (SSSR count). The van der Waals surface area contributed by atoms with Crippen LogP contribution in [0.5, 0.6) is 0 Å². The summed E-state index contributed by atoms with van der Waals surface area (Å²) in [6.45, 7) is 12.2. The van der Waals surface area contributed by atoms with E-state index in [1.807, 2.05) is 0 Å². The number of aliphatic imine (C=N–C) groups is 1. The third kappa shape index (κ3) is 4.85. The Morgan fingerprint density at radius 3 is 2.62 bits per heavy atom. The highest BCUT2D eigenvalue weighted by Gasteiger charge is 2.29. The van der Waals surface area contributed by atoms with Crippen molar-refractivity contribution in [1.29, 1.82) is 0 Å². The van der Waals surface area contributed by atoms with E-state index in [1.54, 1.807) is 0 Å². The number of guanidine groups is 1. The zero-order valence-electron chi connectivity index (χ0n) is 16.6. The summed E-state index contributed by atoms with van der Waals surface area (Å²) in [5.41, 5.74) is 0. The summed E-state index contributed by atoms with van der Waals surface area (Å²) in [7, 11) is 2.23. The molecule has 0 radical (unpaired) electrons. The molecule has 0 spiro atoms. The first kappa shape index (κ1) is 19.4. The van der Waals surface area contributed by atoms with Crippen molar-refractivity contribution in [3.05, 3.63) is 5.82 Å². The number of hydrogen-bond acceptors (Lipinski definition) is 6. The second-order valence-corrected chi connectivity index (χ2v) is 7.99. The summed E-state index contributed by atoms with van der Waals surface area (Å²) >= 11 is 1.52. The molecule has 1 N–H and O–H groups in total. The van der Waals surface area contributed by atoms with Gasteiger partial charge in [-0.25, -0.2) is 4.98 Å². The molecule has 1 aliphatic heterocycles. The number of rotatable bonds is 7. The van der Waals surface area contributed by atoms with E-state index in [9.17, 15) is 0 Å². The van der Waals surface area contributed by atoms with Crippen LogP contribution in [0.1, 0.15) is 39.4 Å². The van der Waals surface area contributed by atoms with Gasteiger partial charge in [0.2, 0.25) is 5.13 Å². The molecule has 1 aliphatic carbocycles. The molecular weight excluding hydrogens is 346 g/mol. The van der Waals surface area contributed by atoms with Crippen LogP contribution < -0.4 is 10.2 Å². The van der Waals surface area contributed by atoms with Crippen molar-refractivity contribution in [2.75, 3.05) is 51.2 Å². The van der Waals surface area contributed by atoms with Crippen molar-refractivity contribution >= 4 is 22.6 Å². The van der Waals surface area contributed by atoms with E-state index in [0.717, 1.165) is 68.6 Å². The fraction of sp³-hybridized carbons (Fsp3) is 0.833. The first-order valence-electron chi connectivity index (χ1n) is 9.95. The van der Waals surface area contributed by atoms with Gasteiger partial charge in [-0.1, -0.05) is 6.92 Å². The smallest absolute Gasteiger partial charge is 0.205 e. The molecule has 8 heteroatoms. The zero-order valence-corrected chi connectivity index (χ0v) is 17.4. The molecule has 1 aromatic rings. The summed E-state index contributed by atoms with van der Waals surface area (Å²) in [6.07, 6.45) is 3.59. The maximum absolute atomic E-state index is 4.93. The normalized spacial score (nSPS) is 20.0. The van der Waals surface area contributed by atoms with Crippen LogP contribution in [0.4, 0.5) is 5.13 Å². The summed E-state index contributed by atoms with van der Waals surface area (Å²) < 4.78 is 4.41. The Morgan fingerprint density at radius 1 is 1.31 bits per heavy atom.